The third kappa shape index (κ3) is 1.76. The lowest BCUT2D eigenvalue weighted by Crippen LogP contribution is -2.02. The summed E-state index contributed by atoms with van der Waals surface area (Å²) in [6, 6.07) is 0.207. The van der Waals surface area contributed by atoms with E-state index in [9.17, 15) is 40.9 Å². The van der Waals surface area contributed by atoms with Crippen LogP contribution in [0.3, 0.4) is 0 Å². The van der Waals surface area contributed by atoms with Crippen LogP contribution >= 0.6 is 0 Å². The van der Waals surface area contributed by atoms with Gasteiger partial charge in [-0.2, -0.15) is 4.39 Å². The predicted molar refractivity (Wildman–Crippen MR) is 64.5 cm³/mol. The first-order valence-electron chi connectivity index (χ1n) is 5.85. The monoisotopic (exact) mass is 336 g/mol. The Morgan fingerprint density at radius 2 is 1.04 bits per heavy atom. The van der Waals surface area contributed by atoms with Gasteiger partial charge in [-0.1, -0.05) is 0 Å². The molecule has 3 rings (SSSR count). The highest BCUT2D eigenvalue weighted by Crippen LogP contribution is 2.43. The molecule has 0 saturated carbocycles. The summed E-state index contributed by atoms with van der Waals surface area (Å²) in [7, 11) is 0. The third-order valence-corrected chi connectivity index (χ3v) is 3.39. The van der Waals surface area contributed by atoms with E-state index in [2.05, 4.69) is 0 Å². The molecule has 0 saturated heterocycles. The Morgan fingerprint density at radius 1 is 0.522 bits per heavy atom. The lowest BCUT2D eigenvalue weighted by molar-refractivity contribution is 0.372. The molecule has 120 valence electrons. The molecule has 2 N–H and O–H groups in total. The van der Waals surface area contributed by atoms with E-state index in [0.717, 1.165) is 0 Å². The number of aromatic hydroxyl groups is 2. The van der Waals surface area contributed by atoms with Gasteiger partial charge < -0.3 is 10.2 Å². The zero-order valence-electron chi connectivity index (χ0n) is 10.6. The van der Waals surface area contributed by atoms with Crippen molar-refractivity contribution < 1.29 is 40.9 Å². The fraction of sp³-hybridized carbons (Fsp3) is 0. The third-order valence-electron chi connectivity index (χ3n) is 3.39. The molecule has 0 radical (unpaired) electrons. The van der Waals surface area contributed by atoms with E-state index in [0.29, 0.717) is 0 Å². The lowest BCUT2D eigenvalue weighted by atomic mass is 9.98. The van der Waals surface area contributed by atoms with Gasteiger partial charge in [0.15, 0.2) is 40.6 Å². The number of benzene rings is 3. The predicted octanol–water partition coefficient (Wildman–Crippen LogP) is 4.38. The second kappa shape index (κ2) is 4.64. The summed E-state index contributed by atoms with van der Waals surface area (Å²) >= 11 is 0. The minimum Gasteiger partial charge on any atom is -0.504 e. The molecule has 0 aliphatic rings. The van der Waals surface area contributed by atoms with E-state index in [-0.39, 0.29) is 6.07 Å². The van der Waals surface area contributed by atoms with E-state index in [1.54, 1.807) is 0 Å². The first-order valence-corrected chi connectivity index (χ1v) is 5.85. The zero-order valence-corrected chi connectivity index (χ0v) is 10.6. The summed E-state index contributed by atoms with van der Waals surface area (Å²) in [6.45, 7) is 0. The van der Waals surface area contributed by atoms with Crippen LogP contribution in [0, 0.1) is 40.7 Å². The maximum Gasteiger partial charge on any atom is 0.210 e. The average Bonchev–Trinajstić information content (AvgIpc) is 2.53. The molecule has 0 aliphatic heterocycles. The average molecular weight is 336 g/mol. The van der Waals surface area contributed by atoms with Crippen LogP contribution in [0.1, 0.15) is 0 Å². The van der Waals surface area contributed by atoms with Gasteiger partial charge in [-0.3, -0.25) is 0 Å². The molecule has 0 aromatic heterocycles. The second-order valence-electron chi connectivity index (χ2n) is 4.61. The molecule has 2 nitrogen and oxygen atoms in total. The summed E-state index contributed by atoms with van der Waals surface area (Å²) < 4.78 is 95.5. The van der Waals surface area contributed by atoms with Crippen molar-refractivity contribution in [3.63, 3.8) is 0 Å². The van der Waals surface area contributed by atoms with Gasteiger partial charge in [-0.15, -0.1) is 0 Å². The minimum absolute atomic E-state index is 0.207. The highest BCUT2D eigenvalue weighted by atomic mass is 19.2. The molecule has 0 fully saturated rings. The summed E-state index contributed by atoms with van der Waals surface area (Å²) in [6.07, 6.45) is 0. The van der Waals surface area contributed by atoms with Gasteiger partial charge >= 0.3 is 0 Å². The molecule has 0 heterocycles. The summed E-state index contributed by atoms with van der Waals surface area (Å²) in [5.74, 6) is -17.7. The Hall–Kier alpha value is -2.71. The van der Waals surface area contributed by atoms with Crippen molar-refractivity contribution in [2.75, 3.05) is 0 Å². The van der Waals surface area contributed by atoms with E-state index in [1.807, 2.05) is 0 Å². The molecule has 0 amide bonds. The largest absolute Gasteiger partial charge is 0.504 e. The van der Waals surface area contributed by atoms with Gasteiger partial charge in [0.2, 0.25) is 5.82 Å². The number of fused-ring (bicyclic) bond motifs is 3. The Kier molecular flexibility index (Phi) is 3.07. The van der Waals surface area contributed by atoms with Gasteiger partial charge in [0, 0.05) is 16.2 Å². The molecule has 3 aromatic rings. The van der Waals surface area contributed by atoms with Crippen molar-refractivity contribution in [1.29, 1.82) is 0 Å². The number of halogens is 7. The van der Waals surface area contributed by atoms with E-state index >= 15 is 0 Å². The van der Waals surface area contributed by atoms with Crippen molar-refractivity contribution >= 4 is 21.5 Å². The quantitative estimate of drug-likeness (QED) is 0.277. The maximum atomic E-state index is 14.0. The summed E-state index contributed by atoms with van der Waals surface area (Å²) in [5.41, 5.74) is 0. The van der Waals surface area contributed by atoms with Gasteiger partial charge in [-0.25, -0.2) is 26.3 Å². The standard InChI is InChI=1S/C14H3F7O2/c15-3-1-2-4(9(18)14(23)12(21)13(2)22)6-5(3)7(16)10(19)11(20)8(6)17/h1,22-23H. The summed E-state index contributed by atoms with van der Waals surface area (Å²) in [4.78, 5) is 0. The van der Waals surface area contributed by atoms with Gasteiger partial charge in [0.25, 0.3) is 0 Å². The number of phenols is 2. The first-order chi connectivity index (χ1) is 10.7. The number of phenolic OH excluding ortho intramolecular Hbond substituents is 2. The van der Waals surface area contributed by atoms with Gasteiger partial charge in [-0.05, 0) is 6.07 Å². The van der Waals surface area contributed by atoms with E-state index in [4.69, 9.17) is 0 Å². The zero-order chi connectivity index (χ0) is 17.2. The Labute approximate surface area is 122 Å². The highest BCUT2D eigenvalue weighted by molar-refractivity contribution is 6.11. The molecule has 0 aliphatic carbocycles. The molecule has 0 atom stereocenters. The van der Waals surface area contributed by atoms with Crippen LogP contribution in [-0.2, 0) is 0 Å². The Morgan fingerprint density at radius 3 is 1.61 bits per heavy atom. The van der Waals surface area contributed by atoms with Crippen molar-refractivity contribution in [3.05, 3.63) is 46.8 Å². The number of hydrogen-bond acceptors (Lipinski definition) is 2. The molecule has 0 spiro atoms. The van der Waals surface area contributed by atoms with Crippen LogP contribution in [0.2, 0.25) is 0 Å². The Balaban J connectivity index is 2.80. The van der Waals surface area contributed by atoms with E-state index < -0.39 is 73.8 Å². The normalized spacial score (nSPS) is 11.6. The van der Waals surface area contributed by atoms with E-state index in [1.165, 1.54) is 0 Å². The van der Waals surface area contributed by atoms with Crippen LogP contribution in [-0.4, -0.2) is 10.2 Å². The van der Waals surface area contributed by atoms with Crippen LogP contribution in [0.5, 0.6) is 11.5 Å². The Bertz CT molecular complexity index is 1010. The lowest BCUT2D eigenvalue weighted by Gasteiger charge is -2.12. The van der Waals surface area contributed by atoms with Crippen molar-refractivity contribution in [3.8, 4) is 11.5 Å². The van der Waals surface area contributed by atoms with Crippen molar-refractivity contribution in [2.45, 2.75) is 0 Å². The second-order valence-corrected chi connectivity index (χ2v) is 4.61. The van der Waals surface area contributed by atoms with Crippen molar-refractivity contribution in [1.82, 2.24) is 0 Å². The number of hydrogen-bond donors (Lipinski definition) is 2. The first kappa shape index (κ1) is 15.2. The van der Waals surface area contributed by atoms with Gasteiger partial charge in [0.1, 0.15) is 5.82 Å². The minimum atomic E-state index is -2.36. The fourth-order valence-electron chi connectivity index (χ4n) is 2.36. The van der Waals surface area contributed by atoms with Crippen LogP contribution < -0.4 is 0 Å². The molecular formula is C14H3F7O2. The molecule has 9 heteroatoms. The molecule has 3 aromatic carbocycles. The molecule has 0 unspecified atom stereocenters. The van der Waals surface area contributed by atoms with Gasteiger partial charge in [0.05, 0.1) is 5.39 Å². The topological polar surface area (TPSA) is 40.5 Å². The van der Waals surface area contributed by atoms with Crippen LogP contribution in [0.4, 0.5) is 30.7 Å². The smallest absolute Gasteiger partial charge is 0.210 e. The molecule has 23 heavy (non-hydrogen) atoms. The molecule has 0 bridgehead atoms. The van der Waals surface area contributed by atoms with Crippen molar-refractivity contribution in [2.24, 2.45) is 0 Å². The summed E-state index contributed by atoms with van der Waals surface area (Å²) in [5, 5.41) is 13.6. The fourth-order valence-corrected chi connectivity index (χ4v) is 2.36. The van der Waals surface area contributed by atoms with Crippen LogP contribution in [0.15, 0.2) is 6.07 Å². The van der Waals surface area contributed by atoms with Crippen LogP contribution in [0.25, 0.3) is 21.5 Å². The highest BCUT2D eigenvalue weighted by Gasteiger charge is 2.29. The number of rotatable bonds is 0. The molecular weight excluding hydrogens is 333 g/mol. The SMILES string of the molecule is Oc1c(F)c(O)c2cc(F)c3c(F)c(F)c(F)c(F)c3c2c1F. The maximum absolute atomic E-state index is 14.0.